The van der Waals surface area contributed by atoms with E-state index in [2.05, 4.69) is 4.74 Å². The predicted octanol–water partition coefficient (Wildman–Crippen LogP) is 1.11. The van der Waals surface area contributed by atoms with Crippen LogP contribution in [0.2, 0.25) is 0 Å². The molecule has 0 fully saturated rings. The van der Waals surface area contributed by atoms with Crippen molar-refractivity contribution in [1.29, 1.82) is 0 Å². The summed E-state index contributed by atoms with van der Waals surface area (Å²) < 4.78 is 61.0. The molecule has 1 rings (SSSR count). The quantitative estimate of drug-likeness (QED) is 0.505. The zero-order chi connectivity index (χ0) is 15.0. The van der Waals surface area contributed by atoms with Crippen molar-refractivity contribution < 1.29 is 31.2 Å². The molecule has 1 heterocycles. The lowest BCUT2D eigenvalue weighted by atomic mass is 10.4. The van der Waals surface area contributed by atoms with Crippen LogP contribution in [-0.4, -0.2) is 24.7 Å². The summed E-state index contributed by atoms with van der Waals surface area (Å²) in [5.74, 6) is -1.35. The summed E-state index contributed by atoms with van der Waals surface area (Å²) in [6.07, 6.45) is -5.23. The summed E-state index contributed by atoms with van der Waals surface area (Å²) in [4.78, 5) is 20.2. The number of H-pyrrole nitrogens is 1. The van der Waals surface area contributed by atoms with Crippen LogP contribution < -0.4 is 10.3 Å². The third-order valence-electron chi connectivity index (χ3n) is 1.62. The van der Waals surface area contributed by atoms with Crippen molar-refractivity contribution in [2.75, 3.05) is 0 Å². The van der Waals surface area contributed by atoms with Gasteiger partial charge in [0.15, 0.2) is 4.90 Å². The zero-order valence-corrected chi connectivity index (χ0v) is 9.97. The minimum atomic E-state index is -5.23. The smallest absolute Gasteiger partial charge is 0.390 e. The maximum absolute atomic E-state index is 11.9. The van der Waals surface area contributed by atoms with Crippen molar-refractivity contribution in [2.24, 2.45) is 0 Å². The number of nitrogens with zero attached hydrogens (tertiary/aromatic N) is 1. The van der Waals surface area contributed by atoms with Crippen molar-refractivity contribution in [3.8, 4) is 5.88 Å². The Kier molecular flexibility index (Phi) is 3.77. The van der Waals surface area contributed by atoms with E-state index in [-0.39, 0.29) is 6.07 Å². The number of alkyl halides is 3. The number of pyridine rings is 1. The van der Waals surface area contributed by atoms with Gasteiger partial charge in [-0.15, -0.1) is 13.2 Å². The van der Waals surface area contributed by atoms with Crippen LogP contribution in [0, 0.1) is 10.1 Å². The third-order valence-corrected chi connectivity index (χ3v) is 2.95. The second kappa shape index (κ2) is 4.70. The summed E-state index contributed by atoms with van der Waals surface area (Å²) in [5, 5.41) is 10.5. The number of hydrogen-bond acceptors (Lipinski definition) is 6. The average molecular weight is 323 g/mol. The summed E-state index contributed by atoms with van der Waals surface area (Å²) in [7, 11) is -0.0147. The molecular formula is C6H2ClF3N2O6S. The van der Waals surface area contributed by atoms with Gasteiger partial charge >= 0.3 is 17.6 Å². The van der Waals surface area contributed by atoms with E-state index < -0.39 is 42.4 Å². The van der Waals surface area contributed by atoms with Gasteiger partial charge < -0.3 is 4.74 Å². The topological polar surface area (TPSA) is 119 Å². The number of nitro groups is 1. The van der Waals surface area contributed by atoms with E-state index in [0.29, 0.717) is 0 Å². The van der Waals surface area contributed by atoms with Crippen LogP contribution in [-0.2, 0) is 9.05 Å². The first-order chi connectivity index (χ1) is 8.42. The molecule has 0 atom stereocenters. The van der Waals surface area contributed by atoms with E-state index in [1.807, 2.05) is 0 Å². The Hall–Kier alpha value is -1.82. The molecular weight excluding hydrogens is 321 g/mol. The molecule has 0 aliphatic carbocycles. The summed E-state index contributed by atoms with van der Waals surface area (Å²) in [5.41, 5.74) is -3.21. The van der Waals surface area contributed by atoms with Gasteiger partial charge in [0.05, 0.1) is 4.92 Å². The molecule has 0 aliphatic heterocycles. The molecule has 8 nitrogen and oxygen atoms in total. The molecule has 0 amide bonds. The van der Waals surface area contributed by atoms with Gasteiger partial charge in [0.25, 0.3) is 9.05 Å². The molecule has 0 aromatic carbocycles. The minimum absolute atomic E-state index is 0.0926. The molecule has 0 aliphatic rings. The largest absolute Gasteiger partial charge is 0.574 e. The normalized spacial score (nSPS) is 12.2. The van der Waals surface area contributed by atoms with Crippen LogP contribution in [0.3, 0.4) is 0 Å². The van der Waals surface area contributed by atoms with Gasteiger partial charge in [0.2, 0.25) is 5.88 Å². The van der Waals surface area contributed by atoms with Crippen LogP contribution in [0.25, 0.3) is 0 Å². The highest BCUT2D eigenvalue weighted by atomic mass is 35.7. The fourth-order valence-electron chi connectivity index (χ4n) is 1.04. The van der Waals surface area contributed by atoms with Gasteiger partial charge in [0, 0.05) is 16.7 Å². The zero-order valence-electron chi connectivity index (χ0n) is 8.39. The van der Waals surface area contributed by atoms with Gasteiger partial charge in [-0.3, -0.25) is 19.9 Å². The number of aromatic amines is 1. The Labute approximate surface area is 106 Å². The monoisotopic (exact) mass is 322 g/mol. The van der Waals surface area contributed by atoms with Gasteiger partial charge in [-0.2, -0.15) is 0 Å². The number of halogens is 4. The first-order valence-electron chi connectivity index (χ1n) is 4.04. The lowest BCUT2D eigenvalue weighted by molar-refractivity contribution is -0.389. The van der Waals surface area contributed by atoms with Crippen molar-refractivity contribution in [3.05, 3.63) is 26.5 Å². The van der Waals surface area contributed by atoms with E-state index in [1.54, 1.807) is 0 Å². The molecule has 1 aromatic rings. The number of hydrogen-bond donors (Lipinski definition) is 1. The average Bonchev–Trinajstić information content (AvgIpc) is 2.11. The van der Waals surface area contributed by atoms with Crippen molar-refractivity contribution in [1.82, 2.24) is 4.98 Å². The molecule has 106 valence electrons. The van der Waals surface area contributed by atoms with Gasteiger partial charge in [-0.05, 0) is 0 Å². The highest BCUT2D eigenvalue weighted by Gasteiger charge is 2.35. The number of ether oxygens (including phenoxy) is 1. The summed E-state index contributed by atoms with van der Waals surface area (Å²) in [6, 6.07) is 0.0926. The second-order valence-corrected chi connectivity index (χ2v) is 5.45. The van der Waals surface area contributed by atoms with Gasteiger partial charge in [0.1, 0.15) is 0 Å². The van der Waals surface area contributed by atoms with Crippen LogP contribution in [0.5, 0.6) is 5.88 Å². The van der Waals surface area contributed by atoms with E-state index in [0.717, 1.165) is 0 Å². The minimum Gasteiger partial charge on any atom is -0.390 e. The molecule has 0 radical (unpaired) electrons. The highest BCUT2D eigenvalue weighted by Crippen LogP contribution is 2.28. The molecule has 19 heavy (non-hydrogen) atoms. The Balaban J connectivity index is 3.58. The van der Waals surface area contributed by atoms with Crippen LogP contribution >= 0.6 is 10.7 Å². The number of rotatable bonds is 3. The summed E-state index contributed by atoms with van der Waals surface area (Å²) >= 11 is 0. The molecule has 0 unspecified atom stereocenters. The Morgan fingerprint density at radius 3 is 2.32 bits per heavy atom. The molecule has 0 saturated heterocycles. The molecule has 1 N–H and O–H groups in total. The van der Waals surface area contributed by atoms with Crippen molar-refractivity contribution in [3.63, 3.8) is 0 Å². The predicted molar refractivity (Wildman–Crippen MR) is 53.4 cm³/mol. The van der Waals surface area contributed by atoms with Crippen molar-refractivity contribution in [2.45, 2.75) is 11.3 Å². The summed E-state index contributed by atoms with van der Waals surface area (Å²) in [6.45, 7) is 0. The van der Waals surface area contributed by atoms with Gasteiger partial charge in [-0.1, -0.05) is 0 Å². The Morgan fingerprint density at radius 1 is 1.42 bits per heavy atom. The first-order valence-corrected chi connectivity index (χ1v) is 6.35. The van der Waals surface area contributed by atoms with E-state index in [1.165, 1.54) is 4.98 Å². The second-order valence-electron chi connectivity index (χ2n) is 2.92. The number of nitrogens with one attached hydrogen (secondary N) is 1. The Morgan fingerprint density at radius 2 is 1.95 bits per heavy atom. The molecule has 13 heteroatoms. The Bertz CT molecular complexity index is 681. The lowest BCUT2D eigenvalue weighted by Crippen LogP contribution is -2.22. The fourth-order valence-corrected chi connectivity index (χ4v) is 2.04. The molecule has 0 saturated carbocycles. The van der Waals surface area contributed by atoms with E-state index >= 15 is 0 Å². The third kappa shape index (κ3) is 3.82. The van der Waals surface area contributed by atoms with Crippen LogP contribution in [0.4, 0.5) is 18.9 Å². The van der Waals surface area contributed by atoms with Crippen LogP contribution in [0.15, 0.2) is 15.8 Å². The molecule has 1 aromatic heterocycles. The molecule has 0 spiro atoms. The van der Waals surface area contributed by atoms with Gasteiger partial charge in [-0.25, -0.2) is 8.42 Å². The van der Waals surface area contributed by atoms with E-state index in [9.17, 15) is 36.5 Å². The maximum atomic E-state index is 11.9. The van der Waals surface area contributed by atoms with Crippen molar-refractivity contribution >= 4 is 25.4 Å². The highest BCUT2D eigenvalue weighted by molar-refractivity contribution is 8.13. The lowest BCUT2D eigenvalue weighted by Gasteiger charge is -2.08. The maximum Gasteiger partial charge on any atom is 0.574 e. The number of aromatic nitrogens is 1. The standard InChI is InChI=1S/C6H2ClF3N2O6S/c7-19(16,17)2-1-3(18-6(8,9)10)11-5(13)4(2)12(14)15/h1H,(H,11,13). The first kappa shape index (κ1) is 15.2. The molecule has 0 bridgehead atoms. The fraction of sp³-hybridized carbons (Fsp3) is 0.167. The van der Waals surface area contributed by atoms with Crippen LogP contribution in [0.1, 0.15) is 0 Å². The SMILES string of the molecule is O=c1[nH]c(OC(F)(F)F)cc(S(=O)(=O)Cl)c1[N+](=O)[O-]. The van der Waals surface area contributed by atoms with E-state index in [4.69, 9.17) is 10.7 Å².